The number of nitrogens with two attached hydrogens (primary N) is 1. The third-order valence-corrected chi connectivity index (χ3v) is 0.979. The van der Waals surface area contributed by atoms with Crippen LogP contribution in [0.25, 0.3) is 0 Å². The summed E-state index contributed by atoms with van der Waals surface area (Å²) in [6.45, 7) is 4.17. The van der Waals surface area contributed by atoms with Crippen molar-refractivity contribution in [3.8, 4) is 0 Å². The molecule has 0 atom stereocenters. The Morgan fingerprint density at radius 2 is 1.75 bits per heavy atom. The first-order chi connectivity index (χ1) is 5.29. The molecule has 0 rings (SSSR count). The van der Waals surface area contributed by atoms with Crippen LogP contribution < -0.4 is 5.73 Å². The fraction of sp³-hybridized carbons (Fsp3) is 0.857. The molecule has 0 aliphatic carbocycles. The normalized spacial score (nSPS) is 10.0. The highest BCUT2D eigenvalue weighted by Gasteiger charge is 2.07. The first kappa shape index (κ1) is 13.8. The van der Waals surface area contributed by atoms with Gasteiger partial charge in [0.25, 0.3) is 0 Å². The lowest BCUT2D eigenvalue weighted by molar-refractivity contribution is 0.137. The van der Waals surface area contributed by atoms with Crippen LogP contribution in [0.4, 0.5) is 4.79 Å². The van der Waals surface area contributed by atoms with E-state index in [1.54, 1.807) is 0 Å². The molecular weight excluding hydrogens is 162 g/mol. The van der Waals surface area contributed by atoms with Gasteiger partial charge in [0.15, 0.2) is 0 Å². The summed E-state index contributed by atoms with van der Waals surface area (Å²) < 4.78 is 0. The maximum Gasteiger partial charge on any atom is 0.503 e. The Balaban J connectivity index is 0. The molecule has 12 heavy (non-hydrogen) atoms. The molecule has 0 fully saturated rings. The molecule has 0 heterocycles. The Kier molecular flexibility index (Phi) is 7.88. The molecule has 0 saturated heterocycles. The lowest BCUT2D eigenvalue weighted by Crippen LogP contribution is -2.31. The van der Waals surface area contributed by atoms with Crippen LogP contribution in [-0.2, 0) is 0 Å². The highest BCUT2D eigenvalue weighted by atomic mass is 16.6. The highest BCUT2D eigenvalue weighted by Crippen LogP contribution is 2.05. The first-order valence-electron chi connectivity index (χ1n) is 3.61. The molecular formula is C7H17NO4. The molecule has 0 aromatic heterocycles. The van der Waals surface area contributed by atoms with Gasteiger partial charge in [-0.1, -0.05) is 0 Å². The Hall–Kier alpha value is -0.810. The second-order valence-electron chi connectivity index (χ2n) is 3.10. The second kappa shape index (κ2) is 6.87. The monoisotopic (exact) mass is 179 g/mol. The summed E-state index contributed by atoms with van der Waals surface area (Å²) in [5.74, 6) is 0. The van der Waals surface area contributed by atoms with Crippen LogP contribution in [0.2, 0.25) is 0 Å². The number of aliphatic hydroxyl groups is 1. The zero-order valence-corrected chi connectivity index (χ0v) is 7.45. The molecule has 0 saturated carbocycles. The smallest absolute Gasteiger partial charge is 0.450 e. The number of carbonyl (C=O) groups is 1. The molecule has 5 nitrogen and oxygen atoms in total. The predicted octanol–water partition coefficient (Wildman–Crippen LogP) is 0.719. The van der Waals surface area contributed by atoms with Crippen molar-refractivity contribution in [1.29, 1.82) is 0 Å². The summed E-state index contributed by atoms with van der Waals surface area (Å²) in [4.78, 5) is 8.56. The van der Waals surface area contributed by atoms with E-state index in [9.17, 15) is 0 Å². The SMILES string of the molecule is CC(C)(N)CCCO.O=C(O)O. The molecule has 0 aliphatic heterocycles. The minimum atomic E-state index is -1.83. The van der Waals surface area contributed by atoms with Gasteiger partial charge in [-0.05, 0) is 26.7 Å². The Morgan fingerprint density at radius 3 is 1.83 bits per heavy atom. The number of aliphatic hydroxyl groups excluding tert-OH is 1. The van der Waals surface area contributed by atoms with Gasteiger partial charge in [0.1, 0.15) is 0 Å². The molecule has 5 N–H and O–H groups in total. The van der Waals surface area contributed by atoms with Crippen molar-refractivity contribution >= 4 is 6.16 Å². The second-order valence-corrected chi connectivity index (χ2v) is 3.10. The third-order valence-electron chi connectivity index (χ3n) is 0.979. The summed E-state index contributed by atoms with van der Waals surface area (Å²) in [5, 5.41) is 22.3. The van der Waals surface area contributed by atoms with Gasteiger partial charge in [-0.15, -0.1) is 0 Å². The molecule has 74 valence electrons. The van der Waals surface area contributed by atoms with Crippen LogP contribution in [0.5, 0.6) is 0 Å². The molecule has 0 aliphatic rings. The van der Waals surface area contributed by atoms with Gasteiger partial charge >= 0.3 is 6.16 Å². The molecule has 0 unspecified atom stereocenters. The van der Waals surface area contributed by atoms with E-state index in [1.807, 2.05) is 13.8 Å². The van der Waals surface area contributed by atoms with Crippen LogP contribution >= 0.6 is 0 Å². The summed E-state index contributed by atoms with van der Waals surface area (Å²) >= 11 is 0. The fourth-order valence-electron chi connectivity index (χ4n) is 0.535. The summed E-state index contributed by atoms with van der Waals surface area (Å²) in [6, 6.07) is 0. The average Bonchev–Trinajstić information content (AvgIpc) is 1.80. The molecule has 0 amide bonds. The summed E-state index contributed by atoms with van der Waals surface area (Å²) in [5.41, 5.74) is 5.50. The van der Waals surface area contributed by atoms with Crippen molar-refractivity contribution in [2.75, 3.05) is 6.61 Å². The maximum absolute atomic E-state index is 8.56. The van der Waals surface area contributed by atoms with Gasteiger partial charge in [-0.2, -0.15) is 0 Å². The van der Waals surface area contributed by atoms with Crippen molar-refractivity contribution < 1.29 is 20.1 Å². The van der Waals surface area contributed by atoms with Gasteiger partial charge in [-0.3, -0.25) is 0 Å². The quantitative estimate of drug-likeness (QED) is 0.511. The zero-order chi connectivity index (χ0) is 10.2. The largest absolute Gasteiger partial charge is 0.503 e. The number of hydrogen-bond acceptors (Lipinski definition) is 3. The lowest BCUT2D eigenvalue weighted by Gasteiger charge is -2.16. The van der Waals surface area contributed by atoms with E-state index in [0.29, 0.717) is 0 Å². The van der Waals surface area contributed by atoms with Crippen molar-refractivity contribution in [2.24, 2.45) is 5.73 Å². The van der Waals surface area contributed by atoms with Crippen LogP contribution in [0, 0.1) is 0 Å². The maximum atomic E-state index is 8.56. The number of rotatable bonds is 3. The minimum Gasteiger partial charge on any atom is -0.450 e. The molecule has 0 aromatic carbocycles. The predicted molar refractivity (Wildman–Crippen MR) is 45.2 cm³/mol. The zero-order valence-electron chi connectivity index (χ0n) is 7.45. The summed E-state index contributed by atoms with van der Waals surface area (Å²) in [6.07, 6.45) is -0.132. The number of carboxylic acid groups (broad SMARTS) is 2. The molecule has 0 spiro atoms. The van der Waals surface area contributed by atoms with Gasteiger partial charge in [-0.25, -0.2) is 4.79 Å². The van der Waals surface area contributed by atoms with Crippen molar-refractivity contribution in [3.63, 3.8) is 0 Å². The van der Waals surface area contributed by atoms with E-state index in [-0.39, 0.29) is 12.1 Å². The van der Waals surface area contributed by atoms with Gasteiger partial charge in [0, 0.05) is 12.1 Å². The third kappa shape index (κ3) is 35.1. The van der Waals surface area contributed by atoms with Gasteiger partial charge in [0.05, 0.1) is 0 Å². The molecule has 0 bridgehead atoms. The molecule has 0 aromatic rings. The fourth-order valence-corrected chi connectivity index (χ4v) is 0.535. The van der Waals surface area contributed by atoms with E-state index in [2.05, 4.69) is 0 Å². The minimum absolute atomic E-state index is 0.108. The van der Waals surface area contributed by atoms with Crippen molar-refractivity contribution in [3.05, 3.63) is 0 Å². The van der Waals surface area contributed by atoms with Crippen LogP contribution in [-0.4, -0.2) is 33.6 Å². The molecule has 0 radical (unpaired) electrons. The first-order valence-corrected chi connectivity index (χ1v) is 3.61. The Morgan fingerprint density at radius 1 is 1.42 bits per heavy atom. The van der Waals surface area contributed by atoms with Gasteiger partial charge in [0.2, 0.25) is 0 Å². The highest BCUT2D eigenvalue weighted by molar-refractivity contribution is 5.53. The van der Waals surface area contributed by atoms with E-state index in [4.69, 9.17) is 25.8 Å². The average molecular weight is 179 g/mol. The Labute approximate surface area is 71.8 Å². The van der Waals surface area contributed by atoms with E-state index in [0.717, 1.165) is 12.8 Å². The van der Waals surface area contributed by atoms with Crippen LogP contribution in [0.15, 0.2) is 0 Å². The Bertz CT molecular complexity index is 115. The molecule has 5 heteroatoms. The van der Waals surface area contributed by atoms with Gasteiger partial charge < -0.3 is 21.1 Å². The van der Waals surface area contributed by atoms with E-state index >= 15 is 0 Å². The topological polar surface area (TPSA) is 104 Å². The van der Waals surface area contributed by atoms with Crippen LogP contribution in [0.1, 0.15) is 26.7 Å². The standard InChI is InChI=1S/C6H15NO.CH2O3/c1-6(2,7)4-3-5-8;2-1(3)4/h8H,3-5,7H2,1-2H3;(H2,2,3,4). The van der Waals surface area contributed by atoms with Crippen molar-refractivity contribution in [2.45, 2.75) is 32.2 Å². The van der Waals surface area contributed by atoms with E-state index in [1.165, 1.54) is 0 Å². The van der Waals surface area contributed by atoms with Crippen molar-refractivity contribution in [1.82, 2.24) is 0 Å². The number of hydrogen-bond donors (Lipinski definition) is 4. The summed E-state index contributed by atoms with van der Waals surface area (Å²) in [7, 11) is 0. The van der Waals surface area contributed by atoms with E-state index < -0.39 is 6.16 Å². The van der Waals surface area contributed by atoms with Crippen LogP contribution in [0.3, 0.4) is 0 Å². The lowest BCUT2D eigenvalue weighted by atomic mass is 10.0.